The number of aromatic nitrogens is 1. The smallest absolute Gasteiger partial charge is 0.340 e. The van der Waals surface area contributed by atoms with Crippen molar-refractivity contribution >= 4 is 68.6 Å². The molecule has 0 fully saturated rings. The molecule has 0 saturated heterocycles. The Morgan fingerprint density at radius 1 is 1.00 bits per heavy atom. The number of amides is 1. The van der Waals surface area contributed by atoms with Crippen LogP contribution in [0.4, 0.5) is 0 Å². The number of benzene rings is 3. The van der Waals surface area contributed by atoms with Crippen molar-refractivity contribution in [2.75, 3.05) is 0 Å². The van der Waals surface area contributed by atoms with Crippen LogP contribution in [0, 0.1) is 0 Å². The van der Waals surface area contributed by atoms with E-state index in [1.54, 1.807) is 30.5 Å². The van der Waals surface area contributed by atoms with Crippen molar-refractivity contribution in [3.05, 3.63) is 104 Å². The molecule has 5 rings (SSSR count). The summed E-state index contributed by atoms with van der Waals surface area (Å²) in [4.78, 5) is 28.5. The van der Waals surface area contributed by atoms with Gasteiger partial charge in [-0.3, -0.25) is 4.79 Å². The minimum absolute atomic E-state index is 0.0533. The number of furan rings is 1. The Morgan fingerprint density at radius 3 is 2.54 bits per heavy atom. The van der Waals surface area contributed by atoms with Gasteiger partial charge in [0.05, 0.1) is 27.0 Å². The van der Waals surface area contributed by atoms with Gasteiger partial charge in [0, 0.05) is 22.0 Å². The molecular weight excluding hydrogens is 511 g/mol. The van der Waals surface area contributed by atoms with Gasteiger partial charge in [-0.2, -0.15) is 0 Å². The Morgan fingerprint density at radius 2 is 1.80 bits per heavy atom. The number of rotatable bonds is 6. The van der Waals surface area contributed by atoms with E-state index in [9.17, 15) is 9.59 Å². The molecule has 0 spiro atoms. The zero-order valence-corrected chi connectivity index (χ0v) is 20.2. The fourth-order valence-electron chi connectivity index (χ4n) is 4.13. The SMILES string of the molecule is NC(=O)C(c1ccc(Cl)c(Cl)c1)c1c[nH]c2c(C(=O)OCc3cc4ccccc4o3)cc(Cl)cc12. The van der Waals surface area contributed by atoms with Crippen LogP contribution in [0.2, 0.25) is 15.1 Å². The lowest BCUT2D eigenvalue weighted by atomic mass is 9.90. The summed E-state index contributed by atoms with van der Waals surface area (Å²) in [5.74, 6) is -1.54. The molecule has 3 aromatic carbocycles. The predicted octanol–water partition coefficient (Wildman–Crippen LogP) is 6.85. The molecule has 2 aromatic heterocycles. The number of carbonyl (C=O) groups is 2. The first-order valence-corrected chi connectivity index (χ1v) is 11.6. The summed E-state index contributed by atoms with van der Waals surface area (Å²) < 4.78 is 11.2. The first kappa shape index (κ1) is 23.3. The summed E-state index contributed by atoms with van der Waals surface area (Å²) in [6.45, 7) is -0.0533. The highest BCUT2D eigenvalue weighted by Crippen LogP contribution is 2.36. The lowest BCUT2D eigenvalue weighted by molar-refractivity contribution is -0.118. The van der Waals surface area contributed by atoms with E-state index in [4.69, 9.17) is 49.7 Å². The number of fused-ring (bicyclic) bond motifs is 2. The standard InChI is InChI=1S/C26H17Cl3N2O4/c27-15-9-17-19(23(25(30)32)14-5-6-20(28)21(29)8-14)11-31-24(17)18(10-15)26(33)34-12-16-7-13-3-1-2-4-22(13)35-16/h1-11,23,31H,12H2,(H2,30,32). The van der Waals surface area contributed by atoms with Gasteiger partial charge in [0.25, 0.3) is 0 Å². The number of carbonyl (C=O) groups excluding carboxylic acids is 2. The summed E-state index contributed by atoms with van der Waals surface area (Å²) in [5, 5.41) is 2.42. The van der Waals surface area contributed by atoms with Crippen molar-refractivity contribution in [2.45, 2.75) is 12.5 Å². The highest BCUT2D eigenvalue weighted by atomic mass is 35.5. The molecule has 6 nitrogen and oxygen atoms in total. The molecule has 3 N–H and O–H groups in total. The lowest BCUT2D eigenvalue weighted by Gasteiger charge is -2.14. The number of halogens is 3. The van der Waals surface area contributed by atoms with E-state index in [1.807, 2.05) is 30.3 Å². The number of nitrogens with one attached hydrogen (secondary N) is 1. The number of esters is 1. The summed E-state index contributed by atoms with van der Waals surface area (Å²) in [6.07, 6.45) is 1.62. The minimum Gasteiger partial charge on any atom is -0.457 e. The van der Waals surface area contributed by atoms with Crippen LogP contribution in [-0.4, -0.2) is 16.9 Å². The second-order valence-electron chi connectivity index (χ2n) is 7.96. The van der Waals surface area contributed by atoms with Crippen LogP contribution >= 0.6 is 34.8 Å². The highest BCUT2D eigenvalue weighted by Gasteiger charge is 2.26. The van der Waals surface area contributed by atoms with Gasteiger partial charge >= 0.3 is 5.97 Å². The van der Waals surface area contributed by atoms with Crippen LogP contribution in [0.5, 0.6) is 0 Å². The van der Waals surface area contributed by atoms with Gasteiger partial charge in [-0.15, -0.1) is 0 Å². The fraction of sp³-hybridized carbons (Fsp3) is 0.0769. The quantitative estimate of drug-likeness (QED) is 0.236. The van der Waals surface area contributed by atoms with Gasteiger partial charge in [-0.1, -0.05) is 59.1 Å². The summed E-state index contributed by atoms with van der Waals surface area (Å²) in [5.41, 5.74) is 8.24. The third-order valence-corrected chi connectivity index (χ3v) is 6.66. The van der Waals surface area contributed by atoms with Gasteiger partial charge < -0.3 is 19.9 Å². The Balaban J connectivity index is 1.49. The maximum absolute atomic E-state index is 13.0. The minimum atomic E-state index is -0.851. The number of para-hydroxylation sites is 1. The van der Waals surface area contributed by atoms with E-state index >= 15 is 0 Å². The number of hydrogen-bond donors (Lipinski definition) is 2. The van der Waals surface area contributed by atoms with Gasteiger partial charge in [0.2, 0.25) is 5.91 Å². The van der Waals surface area contributed by atoms with Crippen molar-refractivity contribution in [1.29, 1.82) is 0 Å². The van der Waals surface area contributed by atoms with Crippen LogP contribution < -0.4 is 5.73 Å². The molecule has 0 radical (unpaired) electrons. The molecule has 1 amide bonds. The Hall–Kier alpha value is -3.45. The first-order chi connectivity index (χ1) is 16.8. The Kier molecular flexibility index (Phi) is 6.19. The number of nitrogens with two attached hydrogens (primary N) is 1. The zero-order valence-electron chi connectivity index (χ0n) is 18.0. The zero-order chi connectivity index (χ0) is 24.7. The van der Waals surface area contributed by atoms with Crippen LogP contribution in [0.1, 0.15) is 33.2 Å². The summed E-state index contributed by atoms with van der Waals surface area (Å²) in [7, 11) is 0. The molecule has 2 heterocycles. The molecule has 0 aliphatic rings. The number of aromatic amines is 1. The molecule has 1 atom stereocenters. The molecule has 5 aromatic rings. The number of primary amides is 1. The molecule has 35 heavy (non-hydrogen) atoms. The van der Waals surface area contributed by atoms with E-state index < -0.39 is 17.8 Å². The molecule has 1 unspecified atom stereocenters. The van der Waals surface area contributed by atoms with E-state index in [-0.39, 0.29) is 12.2 Å². The lowest BCUT2D eigenvalue weighted by Crippen LogP contribution is -2.22. The number of ether oxygens (including phenoxy) is 1. The van der Waals surface area contributed by atoms with Crippen molar-refractivity contribution in [2.24, 2.45) is 5.73 Å². The van der Waals surface area contributed by atoms with Crippen molar-refractivity contribution < 1.29 is 18.7 Å². The second-order valence-corrected chi connectivity index (χ2v) is 9.21. The molecular formula is C26H17Cl3N2O4. The average molecular weight is 528 g/mol. The normalized spacial score (nSPS) is 12.2. The maximum Gasteiger partial charge on any atom is 0.340 e. The van der Waals surface area contributed by atoms with E-state index in [0.717, 1.165) is 5.39 Å². The molecule has 9 heteroatoms. The van der Waals surface area contributed by atoms with Crippen LogP contribution in [0.3, 0.4) is 0 Å². The number of H-pyrrole nitrogens is 1. The molecule has 0 saturated carbocycles. The predicted molar refractivity (Wildman–Crippen MR) is 136 cm³/mol. The van der Waals surface area contributed by atoms with Gasteiger partial charge in [0.15, 0.2) is 0 Å². The third kappa shape index (κ3) is 4.48. The van der Waals surface area contributed by atoms with Crippen LogP contribution in [0.25, 0.3) is 21.9 Å². The molecule has 0 aliphatic carbocycles. The van der Waals surface area contributed by atoms with E-state index in [2.05, 4.69) is 4.98 Å². The maximum atomic E-state index is 13.0. The van der Waals surface area contributed by atoms with Gasteiger partial charge in [0.1, 0.15) is 18.0 Å². The average Bonchev–Trinajstić information content (AvgIpc) is 3.43. The molecule has 0 aliphatic heterocycles. The summed E-state index contributed by atoms with van der Waals surface area (Å²) >= 11 is 18.5. The number of hydrogen-bond acceptors (Lipinski definition) is 4. The van der Waals surface area contributed by atoms with Crippen molar-refractivity contribution in [1.82, 2.24) is 4.98 Å². The highest BCUT2D eigenvalue weighted by molar-refractivity contribution is 6.42. The Bertz CT molecular complexity index is 1570. The van der Waals surface area contributed by atoms with Gasteiger partial charge in [-0.05, 0) is 47.5 Å². The van der Waals surface area contributed by atoms with Gasteiger partial charge in [-0.25, -0.2) is 4.79 Å². The molecule has 176 valence electrons. The third-order valence-electron chi connectivity index (χ3n) is 5.70. The van der Waals surface area contributed by atoms with E-state index in [0.29, 0.717) is 48.4 Å². The second kappa shape index (κ2) is 9.30. The Labute approximate surface area is 214 Å². The monoisotopic (exact) mass is 526 g/mol. The van der Waals surface area contributed by atoms with Crippen molar-refractivity contribution in [3.8, 4) is 0 Å². The topological polar surface area (TPSA) is 98.3 Å². The first-order valence-electron chi connectivity index (χ1n) is 10.5. The molecule has 0 bridgehead atoms. The van der Waals surface area contributed by atoms with Crippen LogP contribution in [-0.2, 0) is 16.1 Å². The van der Waals surface area contributed by atoms with E-state index in [1.165, 1.54) is 6.07 Å². The summed E-state index contributed by atoms with van der Waals surface area (Å²) in [6, 6.07) is 17.4. The van der Waals surface area contributed by atoms with Crippen molar-refractivity contribution in [3.63, 3.8) is 0 Å². The van der Waals surface area contributed by atoms with Crippen LogP contribution in [0.15, 0.2) is 71.3 Å². The largest absolute Gasteiger partial charge is 0.457 e. The fourth-order valence-corrected chi connectivity index (χ4v) is 4.65.